The van der Waals surface area contributed by atoms with Crippen molar-refractivity contribution in [3.8, 4) is 0 Å². The molecule has 0 saturated heterocycles. The molecule has 0 spiro atoms. The topological polar surface area (TPSA) is 116 Å². The van der Waals surface area contributed by atoms with Crippen molar-refractivity contribution in [3.05, 3.63) is 47.2 Å². The van der Waals surface area contributed by atoms with Gasteiger partial charge in [0.1, 0.15) is 6.04 Å². The fourth-order valence-electron chi connectivity index (χ4n) is 4.67. The summed E-state index contributed by atoms with van der Waals surface area (Å²) >= 11 is 4.13. The third-order valence-electron chi connectivity index (χ3n) is 7.09. The van der Waals surface area contributed by atoms with Gasteiger partial charge in [-0.25, -0.2) is 4.79 Å². The molecule has 2 aromatic rings. The van der Waals surface area contributed by atoms with Gasteiger partial charge >= 0.3 is 5.97 Å². The Morgan fingerprint density at radius 3 is 2.20 bits per heavy atom. The second kappa shape index (κ2) is 15.4. The molecule has 2 amide bonds. The highest BCUT2D eigenvalue weighted by Crippen LogP contribution is 2.35. The van der Waals surface area contributed by atoms with Crippen molar-refractivity contribution >= 4 is 41.5 Å². The molecule has 2 atom stereocenters. The number of aliphatic carboxylic acids is 1. The Bertz CT molecular complexity index is 1230. The maximum atomic E-state index is 13.8. The first-order valence-electron chi connectivity index (χ1n) is 14.1. The summed E-state index contributed by atoms with van der Waals surface area (Å²) in [6.45, 7) is 16.2. The molecule has 1 aromatic carbocycles. The predicted molar refractivity (Wildman–Crippen MR) is 171 cm³/mol. The number of rotatable bonds is 11. The van der Waals surface area contributed by atoms with Crippen molar-refractivity contribution in [2.24, 2.45) is 12.5 Å². The van der Waals surface area contributed by atoms with Crippen LogP contribution >= 0.6 is 12.8 Å². The van der Waals surface area contributed by atoms with Gasteiger partial charge in [-0.1, -0.05) is 79.8 Å². The summed E-state index contributed by atoms with van der Waals surface area (Å²) in [5.41, 5.74) is 2.08. The second-order valence-electron chi connectivity index (χ2n) is 12.2. The molecule has 9 nitrogen and oxygen atoms in total. The number of nitrogens with zero attached hydrogens (tertiary/aromatic N) is 2. The standard InChI is InChI=1S/C28H43N5O4S.C3H8/c1-17(26(36)37)12-13-32(8)25(35)23(27(2,3)4)31-24(34)22(29-7)28(5,6)20-16-33(9)21-11-10-18(15-30-38)14-19(20)21;1-3-2/h10-12,14,16,22-23,29-30,38H,13,15H2,1-9H3,(H,31,34)(H,36,37);3H2,1-2H3/b17-12+;. The van der Waals surface area contributed by atoms with Gasteiger partial charge in [-0.2, -0.15) is 0 Å². The Morgan fingerprint density at radius 1 is 1.12 bits per heavy atom. The first-order valence-corrected chi connectivity index (χ1v) is 14.5. The van der Waals surface area contributed by atoms with E-state index in [0.717, 1.165) is 22.0 Å². The van der Waals surface area contributed by atoms with Crippen molar-refractivity contribution in [2.75, 3.05) is 20.6 Å². The lowest BCUT2D eigenvalue weighted by molar-refractivity contribution is -0.139. The summed E-state index contributed by atoms with van der Waals surface area (Å²) in [6.07, 6.45) is 4.79. The fourth-order valence-corrected chi connectivity index (χ4v) is 4.86. The molecule has 1 aromatic heterocycles. The number of hydrogen-bond acceptors (Lipinski definition) is 6. The van der Waals surface area contributed by atoms with Gasteiger partial charge in [0.05, 0.1) is 6.04 Å². The monoisotopic (exact) mass is 589 g/mol. The van der Waals surface area contributed by atoms with Crippen molar-refractivity contribution < 1.29 is 19.5 Å². The number of carboxylic acid groups (broad SMARTS) is 1. The van der Waals surface area contributed by atoms with Crippen LogP contribution in [-0.2, 0) is 33.4 Å². The lowest BCUT2D eigenvalue weighted by atomic mass is 9.76. The van der Waals surface area contributed by atoms with E-state index in [4.69, 9.17) is 5.11 Å². The van der Waals surface area contributed by atoms with Gasteiger partial charge in [-0.05, 0) is 42.6 Å². The first-order chi connectivity index (χ1) is 19.0. The van der Waals surface area contributed by atoms with Crippen LogP contribution in [0, 0.1) is 5.41 Å². The molecule has 0 saturated carbocycles. The van der Waals surface area contributed by atoms with Gasteiger partial charge in [0, 0.05) is 55.3 Å². The van der Waals surface area contributed by atoms with E-state index >= 15 is 0 Å². The number of amides is 2. The number of likely N-dealkylation sites (N-methyl/N-ethyl adjacent to an activating group) is 2. The van der Waals surface area contributed by atoms with Crippen LogP contribution in [0.5, 0.6) is 0 Å². The molecular weight excluding hydrogens is 538 g/mol. The van der Waals surface area contributed by atoms with Crippen LogP contribution in [0.15, 0.2) is 36.0 Å². The maximum Gasteiger partial charge on any atom is 0.331 e. The average Bonchev–Trinajstić information content (AvgIpc) is 3.21. The van der Waals surface area contributed by atoms with Gasteiger partial charge in [-0.15, -0.1) is 0 Å². The summed E-state index contributed by atoms with van der Waals surface area (Å²) in [7, 11) is 5.33. The smallest absolute Gasteiger partial charge is 0.331 e. The summed E-state index contributed by atoms with van der Waals surface area (Å²) in [4.78, 5) is 39.8. The van der Waals surface area contributed by atoms with Crippen molar-refractivity contribution in [1.82, 2.24) is 24.8 Å². The largest absolute Gasteiger partial charge is 0.478 e. The Balaban J connectivity index is 0.00000268. The number of carboxylic acids is 1. The number of fused-ring (bicyclic) bond motifs is 1. The van der Waals surface area contributed by atoms with Crippen LogP contribution in [0.4, 0.5) is 0 Å². The molecule has 10 heteroatoms. The van der Waals surface area contributed by atoms with Crippen LogP contribution in [0.25, 0.3) is 10.9 Å². The molecule has 41 heavy (non-hydrogen) atoms. The Kier molecular flexibility index (Phi) is 13.6. The van der Waals surface area contributed by atoms with Crippen LogP contribution in [0.1, 0.15) is 72.9 Å². The molecule has 0 aliphatic carbocycles. The van der Waals surface area contributed by atoms with Gasteiger partial charge in [0.15, 0.2) is 0 Å². The highest BCUT2D eigenvalue weighted by atomic mass is 32.1. The van der Waals surface area contributed by atoms with Crippen LogP contribution in [0.2, 0.25) is 0 Å². The van der Waals surface area contributed by atoms with Gasteiger partial charge in [-0.3, -0.25) is 14.3 Å². The van der Waals surface area contributed by atoms with Crippen LogP contribution in [0.3, 0.4) is 0 Å². The number of hydrogen-bond donors (Lipinski definition) is 5. The molecule has 0 fully saturated rings. The molecule has 2 rings (SSSR count). The lowest BCUT2D eigenvalue weighted by Gasteiger charge is -2.38. The summed E-state index contributed by atoms with van der Waals surface area (Å²) in [5.74, 6) is -1.61. The highest BCUT2D eigenvalue weighted by Gasteiger charge is 2.41. The number of benzene rings is 1. The SMILES string of the molecule is CCC.CNC(C(=O)NC(C(=O)N(C)C/C=C(\C)C(=O)O)C(C)(C)C)C(C)(C)c1cn(C)c2ccc(CNS)cc12. The lowest BCUT2D eigenvalue weighted by Crippen LogP contribution is -2.60. The zero-order valence-electron chi connectivity index (χ0n) is 26.7. The van der Waals surface area contributed by atoms with E-state index in [2.05, 4.69) is 64.9 Å². The zero-order chi connectivity index (χ0) is 31.7. The van der Waals surface area contributed by atoms with Gasteiger partial charge in [0.25, 0.3) is 0 Å². The second-order valence-corrected chi connectivity index (χ2v) is 12.5. The average molecular weight is 590 g/mol. The third kappa shape index (κ3) is 9.34. The third-order valence-corrected chi connectivity index (χ3v) is 7.25. The highest BCUT2D eigenvalue weighted by molar-refractivity contribution is 7.78. The van der Waals surface area contributed by atoms with E-state index in [1.807, 2.05) is 47.7 Å². The zero-order valence-corrected chi connectivity index (χ0v) is 27.6. The minimum absolute atomic E-state index is 0.125. The summed E-state index contributed by atoms with van der Waals surface area (Å²) in [6, 6.07) is 4.77. The van der Waals surface area contributed by atoms with Crippen LogP contribution < -0.4 is 15.4 Å². The summed E-state index contributed by atoms with van der Waals surface area (Å²) in [5, 5.41) is 16.4. The quantitative estimate of drug-likeness (QED) is 0.196. The Morgan fingerprint density at radius 2 is 1.71 bits per heavy atom. The number of aryl methyl sites for hydroxylation is 1. The molecule has 0 radical (unpaired) electrons. The Hall–Kier alpha value is -2.82. The molecule has 0 aliphatic rings. The molecule has 0 aliphatic heterocycles. The number of aromatic nitrogens is 1. The number of thiol groups is 1. The minimum atomic E-state index is -1.03. The summed E-state index contributed by atoms with van der Waals surface area (Å²) < 4.78 is 4.94. The fraction of sp³-hybridized carbons (Fsp3) is 0.581. The predicted octanol–water partition coefficient (Wildman–Crippen LogP) is 4.41. The molecule has 0 bridgehead atoms. The van der Waals surface area contributed by atoms with E-state index in [1.165, 1.54) is 24.3 Å². The molecule has 2 unspecified atom stereocenters. The normalized spacial score (nSPS) is 13.7. The van der Waals surface area contributed by atoms with Gasteiger partial charge in [0.2, 0.25) is 11.8 Å². The number of carbonyl (C=O) groups excluding carboxylic acids is 2. The van der Waals surface area contributed by atoms with E-state index in [1.54, 1.807) is 14.1 Å². The van der Waals surface area contributed by atoms with Crippen molar-refractivity contribution in [3.63, 3.8) is 0 Å². The Labute approximate surface area is 251 Å². The molecule has 230 valence electrons. The molecular formula is C31H51N5O4S. The first kappa shape index (κ1) is 36.2. The molecule has 1 heterocycles. The van der Waals surface area contributed by atoms with Gasteiger partial charge < -0.3 is 25.2 Å². The number of carbonyl (C=O) groups is 3. The van der Waals surface area contributed by atoms with Crippen molar-refractivity contribution in [2.45, 2.75) is 85.9 Å². The van der Waals surface area contributed by atoms with E-state index in [9.17, 15) is 14.4 Å². The molecule has 4 N–H and O–H groups in total. The number of nitrogens with one attached hydrogen (secondary N) is 3. The van der Waals surface area contributed by atoms with Crippen molar-refractivity contribution in [1.29, 1.82) is 0 Å². The van der Waals surface area contributed by atoms with E-state index in [0.29, 0.717) is 6.54 Å². The van der Waals surface area contributed by atoms with Crippen LogP contribution in [-0.4, -0.2) is 65.1 Å². The van der Waals surface area contributed by atoms with E-state index in [-0.39, 0.29) is 23.9 Å². The van der Waals surface area contributed by atoms with E-state index < -0.39 is 28.9 Å². The minimum Gasteiger partial charge on any atom is -0.478 e. The maximum absolute atomic E-state index is 13.8.